The van der Waals surface area contributed by atoms with Gasteiger partial charge in [0.25, 0.3) is 5.91 Å². The Kier molecular flexibility index (Phi) is 3.65. The monoisotopic (exact) mass is 296 g/mol. The van der Waals surface area contributed by atoms with Gasteiger partial charge in [0, 0.05) is 6.20 Å². The molecule has 0 bridgehead atoms. The lowest BCUT2D eigenvalue weighted by molar-refractivity contribution is 0.101. The van der Waals surface area contributed by atoms with E-state index in [1.165, 1.54) is 24.5 Å². The lowest BCUT2D eigenvalue weighted by Crippen LogP contribution is -2.15. The van der Waals surface area contributed by atoms with Crippen molar-refractivity contribution in [3.8, 4) is 5.69 Å². The van der Waals surface area contributed by atoms with Crippen LogP contribution >= 0.6 is 0 Å². The standard InChI is InChI=1S/C16H13FN4O/c1-11-4-6-13(7-5-11)21-10-12(9-19-21)20-16(22)15-14(17)3-2-8-18-15/h2-10H,1H3,(H,20,22). The molecule has 0 aliphatic rings. The Bertz CT molecular complexity index is 811. The maximum atomic E-state index is 13.5. The van der Waals surface area contributed by atoms with Gasteiger partial charge in [-0.1, -0.05) is 17.7 Å². The van der Waals surface area contributed by atoms with Gasteiger partial charge in [-0.2, -0.15) is 5.10 Å². The lowest BCUT2D eigenvalue weighted by Gasteiger charge is -2.03. The van der Waals surface area contributed by atoms with Crippen molar-refractivity contribution in [3.63, 3.8) is 0 Å². The van der Waals surface area contributed by atoms with E-state index in [1.54, 1.807) is 10.9 Å². The molecule has 1 amide bonds. The normalized spacial score (nSPS) is 10.5. The van der Waals surface area contributed by atoms with Crippen molar-refractivity contribution in [3.05, 3.63) is 72.1 Å². The first-order valence-corrected chi connectivity index (χ1v) is 6.67. The molecular weight excluding hydrogens is 283 g/mol. The molecular formula is C16H13FN4O. The van der Waals surface area contributed by atoms with Gasteiger partial charge >= 0.3 is 0 Å². The van der Waals surface area contributed by atoms with E-state index in [9.17, 15) is 9.18 Å². The highest BCUT2D eigenvalue weighted by molar-refractivity contribution is 6.02. The Labute approximate surface area is 126 Å². The third kappa shape index (κ3) is 2.85. The zero-order chi connectivity index (χ0) is 15.5. The fourth-order valence-electron chi connectivity index (χ4n) is 1.97. The van der Waals surface area contributed by atoms with E-state index in [4.69, 9.17) is 0 Å². The van der Waals surface area contributed by atoms with Crippen LogP contribution in [-0.4, -0.2) is 20.7 Å². The van der Waals surface area contributed by atoms with E-state index in [1.807, 2.05) is 31.2 Å². The summed E-state index contributed by atoms with van der Waals surface area (Å²) in [5.41, 5.74) is 2.24. The number of carbonyl (C=O) groups excluding carboxylic acids is 1. The minimum atomic E-state index is -0.661. The van der Waals surface area contributed by atoms with Crippen LogP contribution in [0.1, 0.15) is 16.1 Å². The molecule has 1 aromatic carbocycles. The molecule has 0 fully saturated rings. The molecule has 3 rings (SSSR count). The van der Waals surface area contributed by atoms with Gasteiger partial charge in [0.15, 0.2) is 11.5 Å². The van der Waals surface area contributed by atoms with Crippen LogP contribution in [0.5, 0.6) is 0 Å². The topological polar surface area (TPSA) is 59.8 Å². The molecule has 6 heteroatoms. The third-order valence-electron chi connectivity index (χ3n) is 3.11. The zero-order valence-electron chi connectivity index (χ0n) is 11.8. The van der Waals surface area contributed by atoms with Crippen molar-refractivity contribution >= 4 is 11.6 Å². The Morgan fingerprint density at radius 2 is 2.00 bits per heavy atom. The van der Waals surface area contributed by atoms with E-state index in [0.717, 1.165) is 11.3 Å². The molecule has 0 radical (unpaired) electrons. The average molecular weight is 296 g/mol. The van der Waals surface area contributed by atoms with E-state index < -0.39 is 11.7 Å². The SMILES string of the molecule is Cc1ccc(-n2cc(NC(=O)c3ncccc3F)cn2)cc1. The molecule has 5 nitrogen and oxygen atoms in total. The number of rotatable bonds is 3. The third-order valence-corrected chi connectivity index (χ3v) is 3.11. The average Bonchev–Trinajstić information content (AvgIpc) is 2.97. The molecule has 0 aliphatic heterocycles. The maximum Gasteiger partial charge on any atom is 0.277 e. The van der Waals surface area contributed by atoms with Gasteiger partial charge in [0.1, 0.15) is 0 Å². The van der Waals surface area contributed by atoms with Gasteiger partial charge in [-0.3, -0.25) is 4.79 Å². The van der Waals surface area contributed by atoms with E-state index in [2.05, 4.69) is 15.4 Å². The second-order valence-corrected chi connectivity index (χ2v) is 4.80. The highest BCUT2D eigenvalue weighted by Gasteiger charge is 2.13. The molecule has 22 heavy (non-hydrogen) atoms. The van der Waals surface area contributed by atoms with Gasteiger partial charge in [-0.25, -0.2) is 14.1 Å². The molecule has 2 heterocycles. The van der Waals surface area contributed by atoms with Crippen LogP contribution < -0.4 is 5.32 Å². The number of nitrogens with zero attached hydrogens (tertiary/aromatic N) is 3. The molecule has 1 N–H and O–H groups in total. The quantitative estimate of drug-likeness (QED) is 0.808. The van der Waals surface area contributed by atoms with Crippen LogP contribution in [0.25, 0.3) is 5.69 Å². The van der Waals surface area contributed by atoms with E-state index in [-0.39, 0.29) is 5.69 Å². The second-order valence-electron chi connectivity index (χ2n) is 4.80. The summed E-state index contributed by atoms with van der Waals surface area (Å²) in [4.78, 5) is 15.7. The molecule has 0 saturated heterocycles. The number of carbonyl (C=O) groups is 1. The molecule has 3 aromatic rings. The minimum Gasteiger partial charge on any atom is -0.318 e. The van der Waals surface area contributed by atoms with Crippen LogP contribution in [0, 0.1) is 12.7 Å². The summed E-state index contributed by atoms with van der Waals surface area (Å²) >= 11 is 0. The number of halogens is 1. The number of aryl methyl sites for hydroxylation is 1. The van der Waals surface area contributed by atoms with Crippen molar-refractivity contribution in [2.75, 3.05) is 5.32 Å². The Morgan fingerprint density at radius 1 is 1.23 bits per heavy atom. The maximum absolute atomic E-state index is 13.5. The van der Waals surface area contributed by atoms with Crippen molar-refractivity contribution < 1.29 is 9.18 Å². The first kappa shape index (κ1) is 13.9. The largest absolute Gasteiger partial charge is 0.318 e. The number of nitrogens with one attached hydrogen (secondary N) is 1. The molecule has 0 aliphatic carbocycles. The van der Waals surface area contributed by atoms with E-state index in [0.29, 0.717) is 5.69 Å². The van der Waals surface area contributed by atoms with Crippen molar-refractivity contribution in [1.82, 2.24) is 14.8 Å². The fraction of sp³-hybridized carbons (Fsp3) is 0.0625. The summed E-state index contributed by atoms with van der Waals surface area (Å²) in [6.07, 6.45) is 4.52. The van der Waals surface area contributed by atoms with Crippen molar-refractivity contribution in [2.24, 2.45) is 0 Å². The van der Waals surface area contributed by atoms with Gasteiger partial charge in [-0.15, -0.1) is 0 Å². The number of hydrogen-bond donors (Lipinski definition) is 1. The molecule has 0 saturated carbocycles. The van der Waals surface area contributed by atoms with Crippen LogP contribution in [0.2, 0.25) is 0 Å². The molecule has 2 aromatic heterocycles. The molecule has 0 atom stereocenters. The smallest absolute Gasteiger partial charge is 0.277 e. The predicted octanol–water partition coefficient (Wildman–Crippen LogP) is 2.97. The number of benzene rings is 1. The lowest BCUT2D eigenvalue weighted by atomic mass is 10.2. The minimum absolute atomic E-state index is 0.245. The number of amides is 1. The van der Waals surface area contributed by atoms with Crippen LogP contribution in [-0.2, 0) is 0 Å². The summed E-state index contributed by atoms with van der Waals surface area (Å²) in [7, 11) is 0. The van der Waals surface area contributed by atoms with Crippen molar-refractivity contribution in [2.45, 2.75) is 6.92 Å². The van der Waals surface area contributed by atoms with E-state index >= 15 is 0 Å². The Hall–Kier alpha value is -3.02. The van der Waals surface area contributed by atoms with Crippen LogP contribution in [0.15, 0.2) is 55.0 Å². The second kappa shape index (κ2) is 5.77. The molecule has 110 valence electrons. The number of aromatic nitrogens is 3. The fourth-order valence-corrected chi connectivity index (χ4v) is 1.97. The highest BCUT2D eigenvalue weighted by atomic mass is 19.1. The first-order chi connectivity index (χ1) is 10.6. The Balaban J connectivity index is 1.78. The van der Waals surface area contributed by atoms with Gasteiger partial charge in [-0.05, 0) is 31.2 Å². The zero-order valence-corrected chi connectivity index (χ0v) is 11.8. The van der Waals surface area contributed by atoms with Gasteiger partial charge < -0.3 is 5.32 Å². The predicted molar refractivity (Wildman–Crippen MR) is 80.4 cm³/mol. The van der Waals surface area contributed by atoms with Gasteiger partial charge in [0.2, 0.25) is 0 Å². The summed E-state index contributed by atoms with van der Waals surface area (Å²) in [5.74, 6) is -1.27. The summed E-state index contributed by atoms with van der Waals surface area (Å²) < 4.78 is 15.1. The first-order valence-electron chi connectivity index (χ1n) is 6.67. The van der Waals surface area contributed by atoms with Crippen LogP contribution in [0.4, 0.5) is 10.1 Å². The molecule has 0 unspecified atom stereocenters. The number of pyridine rings is 1. The number of anilines is 1. The summed E-state index contributed by atoms with van der Waals surface area (Å²) in [6.45, 7) is 2.00. The summed E-state index contributed by atoms with van der Waals surface area (Å²) in [6, 6.07) is 10.4. The Morgan fingerprint density at radius 3 is 2.73 bits per heavy atom. The highest BCUT2D eigenvalue weighted by Crippen LogP contribution is 2.14. The summed E-state index contributed by atoms with van der Waals surface area (Å²) in [5, 5.41) is 6.75. The number of hydrogen-bond acceptors (Lipinski definition) is 3. The van der Waals surface area contributed by atoms with Crippen LogP contribution in [0.3, 0.4) is 0 Å². The van der Waals surface area contributed by atoms with Crippen molar-refractivity contribution in [1.29, 1.82) is 0 Å². The van der Waals surface area contributed by atoms with Gasteiger partial charge in [0.05, 0.1) is 23.8 Å². The molecule has 0 spiro atoms.